The number of imidazole rings is 1. The van der Waals surface area contributed by atoms with Crippen molar-refractivity contribution in [2.24, 2.45) is 0 Å². The first-order valence-electron chi connectivity index (χ1n) is 6.93. The number of aromatic nitrogens is 2. The van der Waals surface area contributed by atoms with Crippen molar-refractivity contribution in [3.63, 3.8) is 0 Å². The average Bonchev–Trinajstić information content (AvgIpc) is 2.82. The van der Waals surface area contributed by atoms with Crippen LogP contribution in [0.15, 0.2) is 35.4 Å². The quantitative estimate of drug-likeness (QED) is 0.820. The predicted octanol–water partition coefficient (Wildman–Crippen LogP) is 1.59. The van der Waals surface area contributed by atoms with Gasteiger partial charge in [-0.1, -0.05) is 6.07 Å². The number of hydrogen-bond acceptors (Lipinski definition) is 3. The molecular formula is C15H20N4O2. The van der Waals surface area contributed by atoms with Crippen LogP contribution in [0, 0.1) is 6.92 Å². The molecule has 0 saturated carbocycles. The lowest BCUT2D eigenvalue weighted by Gasteiger charge is -2.10. The van der Waals surface area contributed by atoms with Crippen LogP contribution in [0.3, 0.4) is 0 Å². The van der Waals surface area contributed by atoms with Gasteiger partial charge in [0.25, 0.3) is 0 Å². The maximum absolute atomic E-state index is 12.0. The lowest BCUT2D eigenvalue weighted by Crippen LogP contribution is -2.25. The van der Waals surface area contributed by atoms with E-state index in [1.165, 1.54) is 4.57 Å². The monoisotopic (exact) mass is 288 g/mol. The van der Waals surface area contributed by atoms with E-state index in [-0.39, 0.29) is 18.0 Å². The summed E-state index contributed by atoms with van der Waals surface area (Å²) in [5.41, 5.74) is 7.90. The number of anilines is 2. The van der Waals surface area contributed by atoms with Crippen LogP contribution in [0.25, 0.3) is 0 Å². The Balaban J connectivity index is 1.97. The van der Waals surface area contributed by atoms with E-state index in [0.717, 1.165) is 5.56 Å². The Kier molecular flexibility index (Phi) is 4.47. The Morgan fingerprint density at radius 1 is 1.29 bits per heavy atom. The molecule has 0 bridgehead atoms. The van der Waals surface area contributed by atoms with Gasteiger partial charge >= 0.3 is 5.69 Å². The highest BCUT2D eigenvalue weighted by molar-refractivity contribution is 5.92. The van der Waals surface area contributed by atoms with Crippen molar-refractivity contribution < 1.29 is 4.79 Å². The maximum Gasteiger partial charge on any atom is 0.328 e. The molecule has 2 aromatic rings. The molecule has 2 rings (SSSR count). The van der Waals surface area contributed by atoms with Crippen LogP contribution in [0.1, 0.15) is 18.9 Å². The fraction of sp³-hybridized carbons (Fsp3) is 0.333. The first-order valence-corrected chi connectivity index (χ1v) is 6.93. The molecule has 0 aliphatic carbocycles. The number of amides is 1. The van der Waals surface area contributed by atoms with Gasteiger partial charge in [0.05, 0.1) is 0 Å². The summed E-state index contributed by atoms with van der Waals surface area (Å²) in [6.45, 7) is 4.75. The van der Waals surface area contributed by atoms with Crippen molar-refractivity contribution in [2.45, 2.75) is 33.4 Å². The number of nitrogens with one attached hydrogen (secondary N) is 1. The number of benzene rings is 1. The minimum atomic E-state index is -0.139. The van der Waals surface area contributed by atoms with Gasteiger partial charge in [-0.05, 0) is 31.5 Å². The molecular weight excluding hydrogens is 268 g/mol. The smallest absolute Gasteiger partial charge is 0.328 e. The Morgan fingerprint density at radius 2 is 2.00 bits per heavy atom. The van der Waals surface area contributed by atoms with Crippen LogP contribution < -0.4 is 16.7 Å². The summed E-state index contributed by atoms with van der Waals surface area (Å²) in [7, 11) is 0. The summed E-state index contributed by atoms with van der Waals surface area (Å²) in [5, 5.41) is 2.82. The second-order valence-electron chi connectivity index (χ2n) is 4.88. The molecule has 3 N–H and O–H groups in total. The van der Waals surface area contributed by atoms with E-state index in [1.54, 1.807) is 29.1 Å². The Bertz CT molecular complexity index is 700. The zero-order chi connectivity index (χ0) is 15.4. The normalized spacial score (nSPS) is 10.6. The molecule has 0 spiro atoms. The van der Waals surface area contributed by atoms with E-state index in [1.807, 2.05) is 19.9 Å². The fourth-order valence-corrected chi connectivity index (χ4v) is 2.09. The number of nitrogens with zero attached hydrogens (tertiary/aromatic N) is 2. The molecule has 21 heavy (non-hydrogen) atoms. The first kappa shape index (κ1) is 14.9. The molecule has 1 heterocycles. The van der Waals surface area contributed by atoms with Crippen molar-refractivity contribution in [1.29, 1.82) is 0 Å². The van der Waals surface area contributed by atoms with Crippen LogP contribution in [0.2, 0.25) is 0 Å². The van der Waals surface area contributed by atoms with Crippen molar-refractivity contribution in [3.8, 4) is 0 Å². The standard InChI is InChI=1S/C15H20N4O2/c1-3-18-9-10-19(15(18)21)8-7-14(20)17-13-6-4-5-12(16)11(13)2/h4-6,9-10H,3,7-8,16H2,1-2H3,(H,17,20). The minimum absolute atomic E-state index is 0.0922. The van der Waals surface area contributed by atoms with Crippen molar-refractivity contribution >= 4 is 17.3 Å². The molecule has 0 atom stereocenters. The third kappa shape index (κ3) is 3.34. The largest absolute Gasteiger partial charge is 0.398 e. The van der Waals surface area contributed by atoms with Gasteiger partial charge in [-0.25, -0.2) is 4.79 Å². The number of carbonyl (C=O) groups is 1. The van der Waals surface area contributed by atoms with Gasteiger partial charge in [-0.3, -0.25) is 13.9 Å². The lowest BCUT2D eigenvalue weighted by atomic mass is 10.1. The Labute approximate surface area is 123 Å². The molecule has 112 valence electrons. The van der Waals surface area contributed by atoms with E-state index < -0.39 is 0 Å². The highest BCUT2D eigenvalue weighted by atomic mass is 16.2. The van der Waals surface area contributed by atoms with Crippen molar-refractivity contribution in [3.05, 3.63) is 46.6 Å². The lowest BCUT2D eigenvalue weighted by molar-refractivity contribution is -0.116. The molecule has 0 radical (unpaired) electrons. The number of rotatable bonds is 5. The maximum atomic E-state index is 12.0. The summed E-state index contributed by atoms with van der Waals surface area (Å²) in [6.07, 6.45) is 3.66. The van der Waals surface area contributed by atoms with E-state index in [2.05, 4.69) is 5.32 Å². The summed E-state index contributed by atoms with van der Waals surface area (Å²) < 4.78 is 3.13. The van der Waals surface area contributed by atoms with Crippen LogP contribution in [0.4, 0.5) is 11.4 Å². The second-order valence-corrected chi connectivity index (χ2v) is 4.88. The van der Waals surface area contributed by atoms with Crippen molar-refractivity contribution in [2.75, 3.05) is 11.1 Å². The molecule has 0 aliphatic heterocycles. The summed E-state index contributed by atoms with van der Waals surface area (Å²) >= 11 is 0. The van der Waals surface area contributed by atoms with Crippen LogP contribution >= 0.6 is 0 Å². The molecule has 0 aliphatic rings. The van der Waals surface area contributed by atoms with E-state index in [4.69, 9.17) is 5.73 Å². The van der Waals surface area contributed by atoms with Crippen LogP contribution in [0.5, 0.6) is 0 Å². The van der Waals surface area contributed by atoms with Gasteiger partial charge in [-0.15, -0.1) is 0 Å². The number of carbonyl (C=O) groups excluding carboxylic acids is 1. The average molecular weight is 288 g/mol. The second kappa shape index (κ2) is 6.30. The SMILES string of the molecule is CCn1ccn(CCC(=O)Nc2cccc(N)c2C)c1=O. The Morgan fingerprint density at radius 3 is 2.67 bits per heavy atom. The topological polar surface area (TPSA) is 82.1 Å². The number of aryl methyl sites for hydroxylation is 2. The van der Waals surface area contributed by atoms with E-state index in [9.17, 15) is 9.59 Å². The van der Waals surface area contributed by atoms with Gasteiger partial charge in [0.2, 0.25) is 5.91 Å². The first-order chi connectivity index (χ1) is 10.0. The minimum Gasteiger partial charge on any atom is -0.398 e. The van der Waals surface area contributed by atoms with Gasteiger partial charge < -0.3 is 11.1 Å². The Hall–Kier alpha value is -2.50. The highest BCUT2D eigenvalue weighted by Crippen LogP contribution is 2.20. The number of hydrogen-bond donors (Lipinski definition) is 2. The molecule has 1 aromatic heterocycles. The molecule has 6 heteroatoms. The zero-order valence-corrected chi connectivity index (χ0v) is 12.3. The molecule has 6 nitrogen and oxygen atoms in total. The van der Waals surface area contributed by atoms with Crippen molar-refractivity contribution in [1.82, 2.24) is 9.13 Å². The van der Waals surface area contributed by atoms with Gasteiger partial charge in [0.15, 0.2) is 0 Å². The summed E-state index contributed by atoms with van der Waals surface area (Å²) in [4.78, 5) is 23.8. The summed E-state index contributed by atoms with van der Waals surface area (Å²) in [5.74, 6) is -0.139. The third-order valence-electron chi connectivity index (χ3n) is 3.49. The van der Waals surface area contributed by atoms with Gasteiger partial charge in [0, 0.05) is 43.3 Å². The third-order valence-corrected chi connectivity index (χ3v) is 3.49. The predicted molar refractivity (Wildman–Crippen MR) is 83.2 cm³/mol. The van der Waals surface area contributed by atoms with Crippen LogP contribution in [-0.4, -0.2) is 15.0 Å². The molecule has 0 unspecified atom stereocenters. The summed E-state index contributed by atoms with van der Waals surface area (Å²) in [6, 6.07) is 5.39. The van der Waals surface area contributed by atoms with E-state index in [0.29, 0.717) is 24.5 Å². The molecule has 1 amide bonds. The zero-order valence-electron chi connectivity index (χ0n) is 12.3. The molecule has 1 aromatic carbocycles. The fourth-order valence-electron chi connectivity index (χ4n) is 2.09. The van der Waals surface area contributed by atoms with E-state index >= 15 is 0 Å². The van der Waals surface area contributed by atoms with Gasteiger partial charge in [0.1, 0.15) is 0 Å². The van der Waals surface area contributed by atoms with Crippen LogP contribution in [-0.2, 0) is 17.9 Å². The van der Waals surface area contributed by atoms with Gasteiger partial charge in [-0.2, -0.15) is 0 Å². The highest BCUT2D eigenvalue weighted by Gasteiger charge is 2.08. The molecule has 0 fully saturated rings. The number of nitrogens with two attached hydrogens (primary N) is 1. The molecule has 0 saturated heterocycles. The number of nitrogen functional groups attached to an aromatic ring is 1.